The molecule has 3 fully saturated rings. The van der Waals surface area contributed by atoms with Gasteiger partial charge in [-0.3, -0.25) is 4.79 Å². The van der Waals surface area contributed by atoms with Crippen LogP contribution in [0, 0.1) is 46.3 Å². The van der Waals surface area contributed by atoms with Crippen molar-refractivity contribution < 1.29 is 15.0 Å². The smallest absolute Gasteiger partial charge is 0.166 e. The van der Waals surface area contributed by atoms with E-state index in [1.165, 1.54) is 38.5 Å². The summed E-state index contributed by atoms with van der Waals surface area (Å²) in [6.45, 7) is 11.9. The molecule has 170 valence electrons. The maximum Gasteiger partial charge on any atom is 0.166 e. The molecule has 0 aliphatic heterocycles. The van der Waals surface area contributed by atoms with Crippen LogP contribution in [0.4, 0.5) is 0 Å². The molecule has 0 bridgehead atoms. The second kappa shape index (κ2) is 7.73. The molecule has 7 atom stereocenters. The third-order valence-electron chi connectivity index (χ3n) is 10.2. The van der Waals surface area contributed by atoms with Crippen LogP contribution in [-0.2, 0) is 4.79 Å². The zero-order chi connectivity index (χ0) is 21.9. The minimum atomic E-state index is -1.63. The zero-order valence-corrected chi connectivity index (χ0v) is 19.9. The van der Waals surface area contributed by atoms with E-state index in [0.717, 1.165) is 36.2 Å². The van der Waals surface area contributed by atoms with E-state index in [1.54, 1.807) is 0 Å². The van der Waals surface area contributed by atoms with Gasteiger partial charge in [0.1, 0.15) is 0 Å². The summed E-state index contributed by atoms with van der Waals surface area (Å²) in [6, 6.07) is 0. The summed E-state index contributed by atoms with van der Waals surface area (Å²) in [4.78, 5) is 13.4. The van der Waals surface area contributed by atoms with E-state index >= 15 is 0 Å². The molecule has 0 saturated heterocycles. The maximum absolute atomic E-state index is 13.4. The van der Waals surface area contributed by atoms with Crippen molar-refractivity contribution in [2.24, 2.45) is 46.3 Å². The highest BCUT2D eigenvalue weighted by Crippen LogP contribution is 2.67. The molecular formula is C27H44O3. The normalized spacial score (nSPS) is 43.6. The van der Waals surface area contributed by atoms with E-state index in [-0.39, 0.29) is 23.5 Å². The van der Waals surface area contributed by atoms with Crippen molar-refractivity contribution in [2.75, 3.05) is 0 Å². The topological polar surface area (TPSA) is 57.5 Å². The molecule has 0 aromatic rings. The Balaban J connectivity index is 1.55. The van der Waals surface area contributed by atoms with Crippen molar-refractivity contribution in [2.45, 2.75) is 105 Å². The Morgan fingerprint density at radius 1 is 1.00 bits per heavy atom. The fourth-order valence-electron chi connectivity index (χ4n) is 8.40. The lowest BCUT2D eigenvalue weighted by molar-refractivity contribution is -0.189. The quantitative estimate of drug-likeness (QED) is 0.550. The summed E-state index contributed by atoms with van der Waals surface area (Å²) in [7, 11) is 0. The average Bonchev–Trinajstić information content (AvgIpc) is 3.00. The van der Waals surface area contributed by atoms with Crippen LogP contribution in [-0.4, -0.2) is 21.8 Å². The fourth-order valence-corrected chi connectivity index (χ4v) is 8.40. The van der Waals surface area contributed by atoms with Gasteiger partial charge in [0.05, 0.1) is 0 Å². The van der Waals surface area contributed by atoms with E-state index in [0.29, 0.717) is 23.7 Å². The van der Waals surface area contributed by atoms with Crippen molar-refractivity contribution in [1.82, 2.24) is 0 Å². The number of carbonyl (C=O) groups excluding carboxylic acids is 1. The summed E-state index contributed by atoms with van der Waals surface area (Å²) >= 11 is 0. The molecule has 3 heteroatoms. The second-order valence-corrected chi connectivity index (χ2v) is 12.4. The van der Waals surface area contributed by atoms with Crippen LogP contribution >= 0.6 is 0 Å². The zero-order valence-electron chi connectivity index (χ0n) is 19.9. The molecule has 4 aliphatic carbocycles. The van der Waals surface area contributed by atoms with Gasteiger partial charge in [-0.2, -0.15) is 0 Å². The van der Waals surface area contributed by atoms with Crippen molar-refractivity contribution in [3.8, 4) is 0 Å². The highest BCUT2D eigenvalue weighted by atomic mass is 16.5. The first kappa shape index (κ1) is 22.5. The number of hydrogen-bond acceptors (Lipinski definition) is 3. The summed E-state index contributed by atoms with van der Waals surface area (Å²) in [6.07, 6.45) is 12.1. The van der Waals surface area contributed by atoms with E-state index in [2.05, 4.69) is 34.6 Å². The van der Waals surface area contributed by atoms with Gasteiger partial charge in [0, 0.05) is 18.8 Å². The van der Waals surface area contributed by atoms with Crippen molar-refractivity contribution >= 4 is 5.78 Å². The number of rotatable bonds is 5. The highest BCUT2D eigenvalue weighted by molar-refractivity contribution is 5.94. The Kier molecular flexibility index (Phi) is 5.80. The molecule has 0 spiro atoms. The third-order valence-corrected chi connectivity index (χ3v) is 10.2. The van der Waals surface area contributed by atoms with Crippen LogP contribution in [0.1, 0.15) is 98.8 Å². The molecule has 4 aliphatic rings. The number of fused-ring (bicyclic) bond motifs is 5. The molecule has 4 rings (SSSR count). The predicted molar refractivity (Wildman–Crippen MR) is 121 cm³/mol. The van der Waals surface area contributed by atoms with Gasteiger partial charge in [0.15, 0.2) is 11.6 Å². The molecule has 0 unspecified atom stereocenters. The first-order chi connectivity index (χ1) is 14.0. The van der Waals surface area contributed by atoms with Gasteiger partial charge in [0.2, 0.25) is 0 Å². The summed E-state index contributed by atoms with van der Waals surface area (Å²) in [5.41, 5.74) is 1.27. The van der Waals surface area contributed by atoms with Crippen LogP contribution in [0.3, 0.4) is 0 Å². The van der Waals surface area contributed by atoms with Crippen LogP contribution in [0.5, 0.6) is 0 Å². The van der Waals surface area contributed by atoms with Gasteiger partial charge in [-0.1, -0.05) is 59.5 Å². The van der Waals surface area contributed by atoms with E-state index < -0.39 is 5.79 Å². The molecule has 3 saturated carbocycles. The molecule has 0 amide bonds. The molecular weight excluding hydrogens is 372 g/mol. The van der Waals surface area contributed by atoms with Crippen LogP contribution < -0.4 is 0 Å². The summed E-state index contributed by atoms with van der Waals surface area (Å²) in [5.74, 6) is 1.97. The summed E-state index contributed by atoms with van der Waals surface area (Å²) in [5, 5.41) is 20.4. The van der Waals surface area contributed by atoms with Gasteiger partial charge in [-0.25, -0.2) is 0 Å². The fraction of sp³-hybridized carbons (Fsp3) is 0.889. The van der Waals surface area contributed by atoms with Crippen LogP contribution in [0.25, 0.3) is 0 Å². The average molecular weight is 417 g/mol. The number of carbonyl (C=O) groups is 1. The first-order valence-corrected chi connectivity index (χ1v) is 12.7. The third kappa shape index (κ3) is 3.62. The molecule has 0 aromatic carbocycles. The van der Waals surface area contributed by atoms with Crippen molar-refractivity contribution in [3.05, 3.63) is 11.6 Å². The largest absolute Gasteiger partial charge is 0.365 e. The Labute approximate surface area is 183 Å². The van der Waals surface area contributed by atoms with Gasteiger partial charge < -0.3 is 10.2 Å². The Hall–Kier alpha value is -0.670. The number of aliphatic hydroxyl groups is 2. The number of hydrogen-bond donors (Lipinski definition) is 2. The van der Waals surface area contributed by atoms with Gasteiger partial charge in [-0.05, 0) is 78.6 Å². The second-order valence-electron chi connectivity index (χ2n) is 12.4. The lowest BCUT2D eigenvalue weighted by Gasteiger charge is -2.58. The lowest BCUT2D eigenvalue weighted by Crippen LogP contribution is -2.55. The minimum Gasteiger partial charge on any atom is -0.365 e. The predicted octanol–water partition coefficient (Wildman–Crippen LogP) is 5.89. The van der Waals surface area contributed by atoms with Gasteiger partial charge in [0.25, 0.3) is 0 Å². The maximum atomic E-state index is 13.4. The SMILES string of the molecule is CC(C)CCC[C@@H](C)[C@H]1CC[C@H]2[C@@H]3C(=O)C=C4CC(O)(O)CC[C@]4(C)[C@H]3CC[C@]12C. The minimum absolute atomic E-state index is 0.0319. The van der Waals surface area contributed by atoms with E-state index in [4.69, 9.17) is 0 Å². The van der Waals surface area contributed by atoms with Crippen molar-refractivity contribution in [1.29, 1.82) is 0 Å². The number of ketones is 1. The molecule has 0 aromatic heterocycles. The molecule has 0 heterocycles. The van der Waals surface area contributed by atoms with Gasteiger partial charge in [-0.15, -0.1) is 0 Å². The van der Waals surface area contributed by atoms with Crippen molar-refractivity contribution in [3.63, 3.8) is 0 Å². The number of allylic oxidation sites excluding steroid dienone is 1. The van der Waals surface area contributed by atoms with Gasteiger partial charge >= 0.3 is 0 Å². The molecule has 2 N–H and O–H groups in total. The molecule has 30 heavy (non-hydrogen) atoms. The van der Waals surface area contributed by atoms with E-state index in [9.17, 15) is 15.0 Å². The first-order valence-electron chi connectivity index (χ1n) is 12.7. The summed E-state index contributed by atoms with van der Waals surface area (Å²) < 4.78 is 0. The standard InChI is InChI=1S/C27H44O3/c1-17(2)7-6-8-18(3)20-9-10-21-24-22(11-12-26(20,21)5)25(4)13-14-27(29,30)16-19(25)15-23(24)28/h15,17-18,20-22,24,29-30H,6-14,16H2,1-5H3/t18-,20-,21+,22+,24+,25+,26-/m1/s1. The monoisotopic (exact) mass is 416 g/mol. The van der Waals surface area contributed by atoms with Crippen LogP contribution in [0.15, 0.2) is 11.6 Å². The van der Waals surface area contributed by atoms with Crippen LogP contribution in [0.2, 0.25) is 0 Å². The highest BCUT2D eigenvalue weighted by Gasteiger charge is 2.62. The van der Waals surface area contributed by atoms with E-state index in [1.807, 2.05) is 6.08 Å². The lowest BCUT2D eigenvalue weighted by atomic mass is 9.46. The Morgan fingerprint density at radius 3 is 2.43 bits per heavy atom. The molecule has 3 nitrogen and oxygen atoms in total. The Morgan fingerprint density at radius 2 is 1.73 bits per heavy atom. The molecule has 0 radical (unpaired) electrons. The Bertz CT molecular complexity index is 707.